The second-order valence-electron chi connectivity index (χ2n) is 7.42. The summed E-state index contributed by atoms with van der Waals surface area (Å²) in [6, 6.07) is 14.8. The summed E-state index contributed by atoms with van der Waals surface area (Å²) in [7, 11) is 4.07. The number of hydrogen-bond donors (Lipinski definition) is 0. The Bertz CT molecular complexity index is 969. The molecule has 7 heteroatoms. The van der Waals surface area contributed by atoms with E-state index in [1.165, 1.54) is 10.5 Å². The van der Waals surface area contributed by atoms with E-state index in [4.69, 9.17) is 4.98 Å². The van der Waals surface area contributed by atoms with Crippen molar-refractivity contribution in [2.24, 2.45) is 0 Å². The summed E-state index contributed by atoms with van der Waals surface area (Å²) >= 11 is 5.12. The van der Waals surface area contributed by atoms with Gasteiger partial charge in [-0.25, -0.2) is 4.98 Å². The molecular formula is C23H29N3OS3. The lowest BCUT2D eigenvalue weighted by Crippen LogP contribution is -2.36. The van der Waals surface area contributed by atoms with Crippen LogP contribution in [0.2, 0.25) is 0 Å². The maximum atomic E-state index is 13.1. The average molecular weight is 460 g/mol. The number of nitrogens with zero attached hydrogens (tertiary/aromatic N) is 3. The van der Waals surface area contributed by atoms with Gasteiger partial charge >= 0.3 is 0 Å². The van der Waals surface area contributed by atoms with E-state index in [0.29, 0.717) is 13.0 Å². The normalized spacial score (nSPS) is 11.4. The number of benzene rings is 2. The van der Waals surface area contributed by atoms with Crippen molar-refractivity contribution in [3.05, 3.63) is 48.0 Å². The molecule has 2 aromatic carbocycles. The van der Waals surface area contributed by atoms with E-state index in [0.717, 1.165) is 39.0 Å². The number of thioether (sulfide) groups is 2. The number of anilines is 1. The highest BCUT2D eigenvalue weighted by Crippen LogP contribution is 2.34. The van der Waals surface area contributed by atoms with Crippen LogP contribution in [0.1, 0.15) is 18.4 Å². The minimum Gasteiger partial charge on any atom is -0.308 e. The number of fused-ring (bicyclic) bond motifs is 1. The Labute approximate surface area is 192 Å². The number of likely N-dealkylation sites (N-methyl/N-ethyl adjacent to an activating group) is 1. The summed E-state index contributed by atoms with van der Waals surface area (Å²) in [5.41, 5.74) is 2.27. The van der Waals surface area contributed by atoms with Crippen molar-refractivity contribution in [3.8, 4) is 0 Å². The van der Waals surface area contributed by atoms with E-state index in [1.807, 2.05) is 30.8 Å². The van der Waals surface area contributed by atoms with E-state index < -0.39 is 0 Å². The minimum absolute atomic E-state index is 0.158. The van der Waals surface area contributed by atoms with Crippen molar-refractivity contribution < 1.29 is 4.79 Å². The van der Waals surface area contributed by atoms with Gasteiger partial charge in [0.05, 0.1) is 10.2 Å². The molecule has 4 nitrogen and oxygen atoms in total. The summed E-state index contributed by atoms with van der Waals surface area (Å²) in [6.45, 7) is 3.57. The van der Waals surface area contributed by atoms with Gasteiger partial charge in [-0.3, -0.25) is 9.69 Å². The lowest BCUT2D eigenvalue weighted by Gasteiger charge is -2.22. The molecule has 3 rings (SSSR count). The predicted molar refractivity (Wildman–Crippen MR) is 133 cm³/mol. The van der Waals surface area contributed by atoms with Gasteiger partial charge in [-0.1, -0.05) is 35.1 Å². The van der Waals surface area contributed by atoms with Crippen LogP contribution in [0.3, 0.4) is 0 Å². The van der Waals surface area contributed by atoms with Gasteiger partial charge in [0.25, 0.3) is 0 Å². The first kappa shape index (κ1) is 23.1. The third-order valence-corrected chi connectivity index (χ3v) is 7.63. The fourth-order valence-electron chi connectivity index (χ4n) is 3.00. The Morgan fingerprint density at radius 3 is 2.57 bits per heavy atom. The summed E-state index contributed by atoms with van der Waals surface area (Å²) < 4.78 is 1.13. The smallest absolute Gasteiger partial charge is 0.228 e. The number of amides is 1. The van der Waals surface area contributed by atoms with Gasteiger partial charge in [0.15, 0.2) is 5.13 Å². The molecule has 0 saturated heterocycles. The molecule has 0 aliphatic rings. The number of carbonyl (C=O) groups excluding carboxylic acids is 1. The summed E-state index contributed by atoms with van der Waals surface area (Å²) in [4.78, 5) is 24.3. The molecule has 0 aliphatic carbocycles. The maximum absolute atomic E-state index is 13.1. The molecule has 0 radical (unpaired) electrons. The van der Waals surface area contributed by atoms with Gasteiger partial charge in [-0.05, 0) is 63.7 Å². The number of rotatable bonds is 10. The van der Waals surface area contributed by atoms with Gasteiger partial charge in [-0.15, -0.1) is 23.5 Å². The van der Waals surface area contributed by atoms with Crippen molar-refractivity contribution in [2.45, 2.75) is 29.6 Å². The fourth-order valence-corrected chi connectivity index (χ4v) is 5.52. The summed E-state index contributed by atoms with van der Waals surface area (Å²) in [5.74, 6) is 1.10. The summed E-state index contributed by atoms with van der Waals surface area (Å²) in [5, 5.41) is 0.810. The van der Waals surface area contributed by atoms with Crippen LogP contribution in [0.4, 0.5) is 5.13 Å². The van der Waals surface area contributed by atoms with Crippen molar-refractivity contribution in [3.63, 3.8) is 0 Å². The lowest BCUT2D eigenvalue weighted by atomic mass is 10.2. The Morgan fingerprint density at radius 1 is 1.10 bits per heavy atom. The number of aromatic nitrogens is 1. The van der Waals surface area contributed by atoms with E-state index in [2.05, 4.69) is 60.5 Å². The topological polar surface area (TPSA) is 36.4 Å². The molecule has 1 amide bonds. The largest absolute Gasteiger partial charge is 0.308 e. The van der Waals surface area contributed by atoms with Crippen LogP contribution in [0.5, 0.6) is 0 Å². The molecule has 0 fully saturated rings. The number of aryl methyl sites for hydroxylation is 1. The van der Waals surface area contributed by atoms with Gasteiger partial charge in [0, 0.05) is 29.3 Å². The van der Waals surface area contributed by atoms with Crippen molar-refractivity contribution in [1.82, 2.24) is 9.88 Å². The van der Waals surface area contributed by atoms with Crippen LogP contribution in [-0.2, 0) is 4.79 Å². The molecule has 0 unspecified atom stereocenters. The quantitative estimate of drug-likeness (QED) is 0.283. The minimum atomic E-state index is 0.158. The third-order valence-electron chi connectivity index (χ3n) is 4.72. The zero-order valence-corrected chi connectivity index (χ0v) is 20.5. The molecular weight excluding hydrogens is 430 g/mol. The Balaban J connectivity index is 1.66. The fraction of sp³-hybridized carbons (Fsp3) is 0.391. The van der Waals surface area contributed by atoms with E-state index >= 15 is 0 Å². The number of para-hydroxylation sites is 1. The van der Waals surface area contributed by atoms with Crippen LogP contribution >= 0.6 is 34.9 Å². The number of thiazole rings is 1. The van der Waals surface area contributed by atoms with Crippen LogP contribution in [0.15, 0.2) is 52.3 Å². The zero-order valence-electron chi connectivity index (χ0n) is 18.1. The van der Waals surface area contributed by atoms with Gasteiger partial charge in [-0.2, -0.15) is 0 Å². The van der Waals surface area contributed by atoms with Gasteiger partial charge < -0.3 is 4.90 Å². The number of carbonyl (C=O) groups is 1. The lowest BCUT2D eigenvalue weighted by molar-refractivity contribution is -0.118. The highest BCUT2D eigenvalue weighted by Gasteiger charge is 2.20. The SMILES string of the molecule is CSc1cccc2sc(N(CCN(C)C)C(=O)CCCSc3ccc(C)cc3)nc12. The Morgan fingerprint density at radius 2 is 1.87 bits per heavy atom. The molecule has 0 atom stereocenters. The van der Waals surface area contributed by atoms with E-state index in [9.17, 15) is 4.79 Å². The Kier molecular flexibility index (Phi) is 8.62. The van der Waals surface area contributed by atoms with Crippen molar-refractivity contribution in [1.29, 1.82) is 0 Å². The molecule has 1 aromatic heterocycles. The number of hydrogen-bond acceptors (Lipinski definition) is 6. The monoisotopic (exact) mass is 459 g/mol. The molecule has 0 N–H and O–H groups in total. The average Bonchev–Trinajstić information content (AvgIpc) is 3.16. The van der Waals surface area contributed by atoms with Crippen LogP contribution < -0.4 is 4.90 Å². The highest BCUT2D eigenvalue weighted by atomic mass is 32.2. The van der Waals surface area contributed by atoms with Gasteiger partial charge in [0.1, 0.15) is 0 Å². The van der Waals surface area contributed by atoms with Crippen molar-refractivity contribution in [2.75, 3.05) is 44.1 Å². The predicted octanol–water partition coefficient (Wildman–Crippen LogP) is 5.79. The van der Waals surface area contributed by atoms with E-state index in [-0.39, 0.29) is 5.91 Å². The maximum Gasteiger partial charge on any atom is 0.228 e. The third kappa shape index (κ3) is 6.23. The van der Waals surface area contributed by atoms with Gasteiger partial charge in [0.2, 0.25) is 5.91 Å². The first-order valence-electron chi connectivity index (χ1n) is 10.1. The molecule has 0 saturated carbocycles. The van der Waals surface area contributed by atoms with Crippen LogP contribution in [0.25, 0.3) is 10.2 Å². The Hall–Kier alpha value is -1.54. The van der Waals surface area contributed by atoms with Crippen LogP contribution in [0, 0.1) is 6.92 Å². The van der Waals surface area contributed by atoms with Crippen LogP contribution in [-0.4, -0.2) is 55.0 Å². The highest BCUT2D eigenvalue weighted by molar-refractivity contribution is 7.99. The second-order valence-corrected chi connectivity index (χ2v) is 10.4. The second kappa shape index (κ2) is 11.2. The van der Waals surface area contributed by atoms with Crippen molar-refractivity contribution >= 4 is 56.1 Å². The molecule has 30 heavy (non-hydrogen) atoms. The molecule has 1 heterocycles. The zero-order chi connectivity index (χ0) is 21.5. The standard InChI is InChI=1S/C23H29N3OS3/c1-17-10-12-18(13-11-17)29-16-6-9-21(27)26(15-14-25(2)3)23-24-22-19(28-4)7-5-8-20(22)30-23/h5,7-8,10-13H,6,9,14-16H2,1-4H3. The molecule has 0 bridgehead atoms. The molecule has 0 spiro atoms. The first-order chi connectivity index (χ1) is 14.5. The van der Waals surface area contributed by atoms with E-state index in [1.54, 1.807) is 23.1 Å². The molecule has 0 aliphatic heterocycles. The first-order valence-corrected chi connectivity index (χ1v) is 13.1. The summed E-state index contributed by atoms with van der Waals surface area (Å²) in [6.07, 6.45) is 3.46. The molecule has 3 aromatic rings. The molecule has 160 valence electrons.